The Labute approximate surface area is 266 Å². The van der Waals surface area contributed by atoms with Gasteiger partial charge in [-0.25, -0.2) is 4.90 Å². The molecule has 4 amide bonds. The van der Waals surface area contributed by atoms with Gasteiger partial charge >= 0.3 is 0 Å². The molecular formula is C36H35N3O7. The Morgan fingerprint density at radius 1 is 0.804 bits per heavy atom. The highest BCUT2D eigenvalue weighted by atomic mass is 16.5. The summed E-state index contributed by atoms with van der Waals surface area (Å²) in [6.45, 7) is 4.38. The van der Waals surface area contributed by atoms with Crippen LogP contribution in [0.5, 0.6) is 0 Å². The molecule has 236 valence electrons. The molecule has 10 heteroatoms. The summed E-state index contributed by atoms with van der Waals surface area (Å²) in [6.07, 6.45) is 2.61. The van der Waals surface area contributed by atoms with E-state index in [9.17, 15) is 24.3 Å². The summed E-state index contributed by atoms with van der Waals surface area (Å²) in [7, 11) is 0. The van der Waals surface area contributed by atoms with Crippen molar-refractivity contribution in [1.29, 1.82) is 0 Å². The van der Waals surface area contributed by atoms with Crippen LogP contribution in [-0.2, 0) is 30.5 Å². The molecule has 2 aromatic carbocycles. The molecule has 4 heterocycles. The monoisotopic (exact) mass is 621 g/mol. The van der Waals surface area contributed by atoms with E-state index in [-0.39, 0.29) is 36.7 Å². The van der Waals surface area contributed by atoms with E-state index in [1.165, 1.54) is 9.80 Å². The number of imide groups is 2. The van der Waals surface area contributed by atoms with Gasteiger partial charge in [-0.2, -0.15) is 0 Å². The Hall–Kier alpha value is -4.54. The molecule has 8 rings (SSSR count). The van der Waals surface area contributed by atoms with Gasteiger partial charge in [0.1, 0.15) is 18.1 Å². The maximum absolute atomic E-state index is 14.4. The van der Waals surface area contributed by atoms with Crippen LogP contribution in [0.25, 0.3) is 0 Å². The van der Waals surface area contributed by atoms with Crippen molar-refractivity contribution < 1.29 is 33.4 Å². The lowest BCUT2D eigenvalue weighted by Gasteiger charge is -2.48. The third-order valence-electron chi connectivity index (χ3n) is 10.9. The lowest BCUT2D eigenvalue weighted by molar-refractivity contribution is -0.131. The third-order valence-corrected chi connectivity index (χ3v) is 10.9. The number of fused-ring (bicyclic) bond motifs is 4. The summed E-state index contributed by atoms with van der Waals surface area (Å²) in [5.41, 5.74) is 1.70. The number of carbonyl (C=O) groups is 4. The molecule has 46 heavy (non-hydrogen) atoms. The molecule has 0 radical (unpaired) electrons. The number of carbonyl (C=O) groups excluding carboxylic acids is 4. The molecule has 1 aromatic heterocycles. The molecule has 4 fully saturated rings. The first kappa shape index (κ1) is 28.9. The number of nitrogens with zero attached hydrogens (tertiary/aromatic N) is 3. The molecule has 10 nitrogen and oxygen atoms in total. The van der Waals surface area contributed by atoms with Crippen molar-refractivity contribution in [3.05, 3.63) is 89.9 Å². The molecule has 5 aliphatic rings. The lowest BCUT2D eigenvalue weighted by Crippen LogP contribution is -2.48. The number of benzene rings is 2. The zero-order valence-corrected chi connectivity index (χ0v) is 25.5. The molecule has 1 N–H and O–H groups in total. The number of hydrogen-bond donors (Lipinski definition) is 1. The van der Waals surface area contributed by atoms with Crippen LogP contribution >= 0.6 is 0 Å². The van der Waals surface area contributed by atoms with Gasteiger partial charge in [-0.15, -0.1) is 0 Å². The van der Waals surface area contributed by atoms with Gasteiger partial charge in [0.2, 0.25) is 23.6 Å². The van der Waals surface area contributed by atoms with Crippen LogP contribution in [0.1, 0.15) is 37.2 Å². The fourth-order valence-corrected chi connectivity index (χ4v) is 8.66. The number of anilines is 3. The largest absolute Gasteiger partial charge is 0.463 e. The zero-order valence-electron chi connectivity index (χ0n) is 25.5. The second kappa shape index (κ2) is 10.8. The van der Waals surface area contributed by atoms with Gasteiger partial charge in [-0.3, -0.25) is 24.1 Å². The van der Waals surface area contributed by atoms with Crippen molar-refractivity contribution in [2.24, 2.45) is 29.1 Å². The Kier molecular flexibility index (Phi) is 6.77. The zero-order chi connectivity index (χ0) is 31.7. The predicted octanol–water partition coefficient (Wildman–Crippen LogP) is 4.04. The topological polar surface area (TPSA) is 121 Å². The Morgan fingerprint density at radius 3 is 2.20 bits per heavy atom. The molecular weight excluding hydrogens is 586 g/mol. The number of ether oxygens (including phenoxy) is 1. The second-order valence-electron chi connectivity index (χ2n) is 13.1. The van der Waals surface area contributed by atoms with Gasteiger partial charge in [-0.1, -0.05) is 29.8 Å². The highest BCUT2D eigenvalue weighted by Crippen LogP contribution is 2.63. The first-order valence-corrected chi connectivity index (χ1v) is 16.0. The van der Waals surface area contributed by atoms with E-state index in [1.54, 1.807) is 36.4 Å². The summed E-state index contributed by atoms with van der Waals surface area (Å²) in [5, 5.41) is 9.80. The quantitative estimate of drug-likeness (QED) is 0.335. The van der Waals surface area contributed by atoms with Crippen LogP contribution in [0.4, 0.5) is 17.1 Å². The molecule has 0 spiro atoms. The summed E-state index contributed by atoms with van der Waals surface area (Å²) < 4.78 is 11.5. The van der Waals surface area contributed by atoms with E-state index in [2.05, 4.69) is 4.90 Å². The number of allylic oxidation sites excluding steroid dienone is 2. The smallest absolute Gasteiger partial charge is 0.241 e. The van der Waals surface area contributed by atoms with Gasteiger partial charge in [-0.05, 0) is 74.2 Å². The number of para-hydroxylation sites is 1. The summed E-state index contributed by atoms with van der Waals surface area (Å²) in [6, 6.07) is 19.8. The standard InChI is InChI=1S/C36H35N3O7/c1-36-28(33(42)39(35(36)44)22-5-3-2-4-6-22)19-27-25(31(36)29-14-11-24(20-40)46-29)12-13-26-30(27)34(43)38(32(26)41)23-9-7-21(8-10-23)37-15-17-45-18-16-37/h2-12,14,26-28,30-31,40H,13,15-20H2,1H3. The van der Waals surface area contributed by atoms with Gasteiger partial charge in [0.15, 0.2) is 0 Å². The average molecular weight is 622 g/mol. The molecule has 3 aromatic rings. The minimum Gasteiger partial charge on any atom is -0.463 e. The fourth-order valence-electron chi connectivity index (χ4n) is 8.66. The van der Waals surface area contributed by atoms with Crippen molar-refractivity contribution in [2.45, 2.75) is 32.3 Å². The van der Waals surface area contributed by atoms with Crippen LogP contribution in [0.3, 0.4) is 0 Å². The first-order chi connectivity index (χ1) is 22.3. The number of aliphatic hydroxyl groups excluding tert-OH is 1. The van der Waals surface area contributed by atoms with Crippen molar-refractivity contribution in [2.75, 3.05) is 41.0 Å². The van der Waals surface area contributed by atoms with Crippen molar-refractivity contribution in [1.82, 2.24) is 0 Å². The number of furan rings is 1. The van der Waals surface area contributed by atoms with E-state index in [1.807, 2.05) is 43.3 Å². The second-order valence-corrected chi connectivity index (χ2v) is 13.1. The van der Waals surface area contributed by atoms with E-state index >= 15 is 0 Å². The number of morpholine rings is 1. The summed E-state index contributed by atoms with van der Waals surface area (Å²) >= 11 is 0. The summed E-state index contributed by atoms with van der Waals surface area (Å²) in [5.74, 6) is -3.39. The number of aliphatic hydroxyl groups is 1. The van der Waals surface area contributed by atoms with Crippen LogP contribution < -0.4 is 14.7 Å². The van der Waals surface area contributed by atoms with Crippen molar-refractivity contribution in [3.63, 3.8) is 0 Å². The molecule has 6 atom stereocenters. The summed E-state index contributed by atoms with van der Waals surface area (Å²) in [4.78, 5) is 61.6. The van der Waals surface area contributed by atoms with Crippen molar-refractivity contribution in [3.8, 4) is 0 Å². The molecule has 0 bridgehead atoms. The lowest BCUT2D eigenvalue weighted by atomic mass is 9.52. The maximum Gasteiger partial charge on any atom is 0.241 e. The Morgan fingerprint density at radius 2 is 1.50 bits per heavy atom. The highest BCUT2D eigenvalue weighted by Gasteiger charge is 2.68. The van der Waals surface area contributed by atoms with Crippen LogP contribution in [0.15, 0.2) is 82.8 Å². The Bertz CT molecular complexity index is 1760. The van der Waals surface area contributed by atoms with Crippen LogP contribution in [-0.4, -0.2) is 55.0 Å². The average Bonchev–Trinajstić information content (AvgIpc) is 3.72. The Balaban J connectivity index is 1.17. The number of rotatable bonds is 5. The van der Waals surface area contributed by atoms with E-state index in [4.69, 9.17) is 9.15 Å². The highest BCUT2D eigenvalue weighted by molar-refractivity contribution is 6.25. The van der Waals surface area contributed by atoms with Gasteiger partial charge in [0.05, 0.1) is 53.7 Å². The molecule has 2 aliphatic carbocycles. The van der Waals surface area contributed by atoms with Crippen molar-refractivity contribution >= 4 is 40.7 Å². The van der Waals surface area contributed by atoms with Gasteiger partial charge in [0.25, 0.3) is 0 Å². The van der Waals surface area contributed by atoms with Gasteiger partial charge in [0, 0.05) is 18.8 Å². The van der Waals surface area contributed by atoms with E-state index in [0.717, 1.165) is 24.4 Å². The fraction of sp³-hybridized carbons (Fsp3) is 0.389. The number of amides is 4. The van der Waals surface area contributed by atoms with E-state index in [0.29, 0.717) is 42.5 Å². The maximum atomic E-state index is 14.4. The SMILES string of the molecule is CC12C(=O)N(c3ccccc3)C(=O)C1CC1C(=CCC3C(=O)N(c4ccc(N5CCOCC5)cc4)C(=O)C31)C2c1ccc(CO)o1. The van der Waals surface area contributed by atoms with Crippen LogP contribution in [0, 0.1) is 29.1 Å². The van der Waals surface area contributed by atoms with Gasteiger partial charge < -0.3 is 19.2 Å². The van der Waals surface area contributed by atoms with Crippen LogP contribution in [0.2, 0.25) is 0 Å². The molecule has 1 saturated carbocycles. The predicted molar refractivity (Wildman–Crippen MR) is 168 cm³/mol. The molecule has 3 aliphatic heterocycles. The third kappa shape index (κ3) is 4.09. The normalized spacial score (nSPS) is 30.8. The molecule has 3 saturated heterocycles. The molecule has 6 unspecified atom stereocenters. The minimum atomic E-state index is -1.19. The number of hydrogen-bond acceptors (Lipinski definition) is 8. The van der Waals surface area contributed by atoms with E-state index < -0.39 is 35.0 Å². The first-order valence-electron chi connectivity index (χ1n) is 16.0. The minimum absolute atomic E-state index is 0.241.